The number of halogens is 1. The molecule has 0 aliphatic carbocycles. The van der Waals surface area contributed by atoms with E-state index in [1.165, 1.54) is 0 Å². The lowest BCUT2D eigenvalue weighted by atomic mass is 10.2. The Labute approximate surface area is 126 Å². The number of nitrogens with zero attached hydrogens (tertiary/aromatic N) is 3. The average Bonchev–Trinajstić information content (AvgIpc) is 3.00. The van der Waals surface area contributed by atoms with Crippen molar-refractivity contribution in [2.75, 3.05) is 6.61 Å². The molecule has 108 valence electrons. The Hall–Kier alpha value is -2.27. The van der Waals surface area contributed by atoms with Crippen LogP contribution in [-0.4, -0.2) is 26.5 Å². The Balaban J connectivity index is 2.07. The highest BCUT2D eigenvalue weighted by atomic mass is 35.5. The predicted octanol–water partition coefficient (Wildman–Crippen LogP) is 3.17. The summed E-state index contributed by atoms with van der Waals surface area (Å²) in [4.78, 5) is 16.4. The number of hydrogen-bond donors (Lipinski definition) is 0. The summed E-state index contributed by atoms with van der Waals surface area (Å²) in [5.74, 6) is 0.303. The molecule has 3 rings (SSSR count). The summed E-state index contributed by atoms with van der Waals surface area (Å²) in [5.41, 5.74) is 2.09. The van der Waals surface area contributed by atoms with Crippen molar-refractivity contribution in [3.05, 3.63) is 47.4 Å². The first kappa shape index (κ1) is 13.7. The van der Waals surface area contributed by atoms with Gasteiger partial charge in [0.25, 0.3) is 0 Å². The molecule has 0 radical (unpaired) electrons. The standard InChI is InChI=1S/C15H14ClN3O2/c1-3-21-14(20)13-9-19-8-12(17-15(19)18(13)2)10-6-4-5-7-11(10)16/h4-9H,3H2,1-2H3. The number of aromatic nitrogens is 3. The predicted molar refractivity (Wildman–Crippen MR) is 80.6 cm³/mol. The van der Waals surface area contributed by atoms with Gasteiger partial charge in [0.15, 0.2) is 0 Å². The zero-order chi connectivity index (χ0) is 15.0. The molecular formula is C15H14ClN3O2. The minimum Gasteiger partial charge on any atom is -0.461 e. The van der Waals surface area contributed by atoms with Crippen LogP contribution in [0.15, 0.2) is 36.7 Å². The summed E-state index contributed by atoms with van der Waals surface area (Å²) in [6.07, 6.45) is 3.56. The van der Waals surface area contributed by atoms with E-state index in [4.69, 9.17) is 16.3 Å². The van der Waals surface area contributed by atoms with Crippen molar-refractivity contribution in [2.24, 2.45) is 7.05 Å². The van der Waals surface area contributed by atoms with Crippen molar-refractivity contribution in [3.8, 4) is 11.3 Å². The molecule has 0 aliphatic rings. The molecule has 0 fully saturated rings. The number of rotatable bonds is 3. The van der Waals surface area contributed by atoms with E-state index in [2.05, 4.69) is 4.98 Å². The molecule has 2 aromatic heterocycles. The maximum Gasteiger partial charge on any atom is 0.356 e. The number of aryl methyl sites for hydroxylation is 1. The maximum absolute atomic E-state index is 11.8. The molecule has 5 nitrogen and oxygen atoms in total. The van der Waals surface area contributed by atoms with Crippen molar-refractivity contribution < 1.29 is 9.53 Å². The zero-order valence-corrected chi connectivity index (χ0v) is 12.5. The van der Waals surface area contributed by atoms with Crippen LogP contribution in [-0.2, 0) is 11.8 Å². The third kappa shape index (κ3) is 2.29. The molecule has 0 spiro atoms. The Morgan fingerprint density at radius 3 is 2.76 bits per heavy atom. The van der Waals surface area contributed by atoms with E-state index in [0.717, 1.165) is 11.3 Å². The van der Waals surface area contributed by atoms with E-state index in [-0.39, 0.29) is 5.97 Å². The minimum absolute atomic E-state index is 0.344. The molecule has 0 bridgehead atoms. The fourth-order valence-electron chi connectivity index (χ4n) is 2.25. The van der Waals surface area contributed by atoms with Gasteiger partial charge in [0.1, 0.15) is 5.69 Å². The Bertz CT molecular complexity index is 820. The SMILES string of the molecule is CCOC(=O)c1cn2cc(-c3ccccc3Cl)nc2n1C. The van der Waals surface area contributed by atoms with Crippen molar-refractivity contribution in [3.63, 3.8) is 0 Å². The second-order valence-corrected chi connectivity index (χ2v) is 5.01. The number of ether oxygens (including phenoxy) is 1. The van der Waals surface area contributed by atoms with E-state index in [1.54, 1.807) is 29.1 Å². The summed E-state index contributed by atoms with van der Waals surface area (Å²) in [7, 11) is 1.78. The quantitative estimate of drug-likeness (QED) is 0.698. The van der Waals surface area contributed by atoms with Crippen LogP contribution in [0.25, 0.3) is 17.0 Å². The molecule has 0 atom stereocenters. The highest BCUT2D eigenvalue weighted by molar-refractivity contribution is 6.33. The first-order valence-electron chi connectivity index (χ1n) is 6.58. The van der Waals surface area contributed by atoms with Crippen LogP contribution < -0.4 is 0 Å². The molecule has 3 aromatic rings. The number of carbonyl (C=O) groups is 1. The lowest BCUT2D eigenvalue weighted by molar-refractivity contribution is 0.0515. The topological polar surface area (TPSA) is 48.5 Å². The maximum atomic E-state index is 11.8. The molecule has 0 N–H and O–H groups in total. The molecule has 0 saturated carbocycles. The van der Waals surface area contributed by atoms with Crippen molar-refractivity contribution in [2.45, 2.75) is 6.92 Å². The van der Waals surface area contributed by atoms with Gasteiger partial charge >= 0.3 is 5.97 Å². The van der Waals surface area contributed by atoms with Gasteiger partial charge in [-0.15, -0.1) is 0 Å². The highest BCUT2D eigenvalue weighted by Gasteiger charge is 2.17. The average molecular weight is 304 g/mol. The first-order chi connectivity index (χ1) is 10.1. The van der Waals surface area contributed by atoms with Gasteiger partial charge in [-0.05, 0) is 13.0 Å². The van der Waals surface area contributed by atoms with Gasteiger partial charge in [-0.25, -0.2) is 9.78 Å². The Morgan fingerprint density at radius 2 is 2.10 bits per heavy atom. The van der Waals surface area contributed by atoms with Gasteiger partial charge in [0, 0.05) is 25.0 Å². The number of hydrogen-bond acceptors (Lipinski definition) is 3. The zero-order valence-electron chi connectivity index (χ0n) is 11.7. The molecular weight excluding hydrogens is 290 g/mol. The van der Waals surface area contributed by atoms with E-state index in [1.807, 2.05) is 30.5 Å². The van der Waals surface area contributed by atoms with Gasteiger partial charge in [-0.3, -0.25) is 4.40 Å². The van der Waals surface area contributed by atoms with Gasteiger partial charge in [0.05, 0.1) is 17.3 Å². The lowest BCUT2D eigenvalue weighted by Gasteiger charge is -2.02. The number of carbonyl (C=O) groups excluding carboxylic acids is 1. The van der Waals surface area contributed by atoms with E-state index in [0.29, 0.717) is 23.1 Å². The van der Waals surface area contributed by atoms with Crippen molar-refractivity contribution in [1.82, 2.24) is 14.0 Å². The third-order valence-electron chi connectivity index (χ3n) is 3.27. The Morgan fingerprint density at radius 1 is 1.33 bits per heavy atom. The van der Waals surface area contributed by atoms with Gasteiger partial charge < -0.3 is 9.30 Å². The summed E-state index contributed by atoms with van der Waals surface area (Å²) in [5, 5.41) is 0.645. The summed E-state index contributed by atoms with van der Waals surface area (Å²) >= 11 is 6.19. The molecule has 6 heteroatoms. The number of benzene rings is 1. The number of imidazole rings is 2. The highest BCUT2D eigenvalue weighted by Crippen LogP contribution is 2.27. The normalized spacial score (nSPS) is 11.0. The minimum atomic E-state index is -0.357. The number of fused-ring (bicyclic) bond motifs is 1. The van der Waals surface area contributed by atoms with E-state index in [9.17, 15) is 4.79 Å². The first-order valence-corrected chi connectivity index (χ1v) is 6.96. The summed E-state index contributed by atoms with van der Waals surface area (Å²) < 4.78 is 8.52. The van der Waals surface area contributed by atoms with Crippen LogP contribution in [0.5, 0.6) is 0 Å². The molecule has 0 unspecified atom stereocenters. The summed E-state index contributed by atoms with van der Waals surface area (Å²) in [6.45, 7) is 2.12. The second-order valence-electron chi connectivity index (χ2n) is 4.61. The van der Waals surface area contributed by atoms with Crippen LogP contribution in [0, 0.1) is 0 Å². The van der Waals surface area contributed by atoms with Gasteiger partial charge in [-0.2, -0.15) is 0 Å². The Kier molecular flexibility index (Phi) is 3.43. The fraction of sp³-hybridized carbons (Fsp3) is 0.200. The molecule has 2 heterocycles. The summed E-state index contributed by atoms with van der Waals surface area (Å²) in [6, 6.07) is 7.52. The number of esters is 1. The van der Waals surface area contributed by atoms with Crippen LogP contribution in [0.1, 0.15) is 17.4 Å². The van der Waals surface area contributed by atoms with Crippen molar-refractivity contribution >= 4 is 23.3 Å². The fourth-order valence-corrected chi connectivity index (χ4v) is 2.48. The van der Waals surface area contributed by atoms with Crippen LogP contribution in [0.2, 0.25) is 5.02 Å². The largest absolute Gasteiger partial charge is 0.461 e. The van der Waals surface area contributed by atoms with E-state index < -0.39 is 0 Å². The molecule has 1 aromatic carbocycles. The lowest BCUT2D eigenvalue weighted by Crippen LogP contribution is -2.09. The van der Waals surface area contributed by atoms with Gasteiger partial charge in [0.2, 0.25) is 5.78 Å². The van der Waals surface area contributed by atoms with E-state index >= 15 is 0 Å². The third-order valence-corrected chi connectivity index (χ3v) is 3.60. The van der Waals surface area contributed by atoms with Crippen LogP contribution in [0.3, 0.4) is 0 Å². The van der Waals surface area contributed by atoms with Gasteiger partial charge in [-0.1, -0.05) is 29.8 Å². The molecule has 0 amide bonds. The molecule has 0 aliphatic heterocycles. The smallest absolute Gasteiger partial charge is 0.356 e. The van der Waals surface area contributed by atoms with Crippen LogP contribution in [0.4, 0.5) is 0 Å². The van der Waals surface area contributed by atoms with Crippen LogP contribution >= 0.6 is 11.6 Å². The second kappa shape index (κ2) is 5.26. The van der Waals surface area contributed by atoms with Crippen molar-refractivity contribution in [1.29, 1.82) is 0 Å². The molecule has 0 saturated heterocycles. The monoisotopic (exact) mass is 303 g/mol. The molecule has 21 heavy (non-hydrogen) atoms.